The number of nitrogens with one attached hydrogen (secondary N) is 1. The van der Waals surface area contributed by atoms with Gasteiger partial charge in [-0.2, -0.15) is 0 Å². The van der Waals surface area contributed by atoms with Crippen molar-refractivity contribution < 1.29 is 9.90 Å². The molecule has 1 aromatic rings. The van der Waals surface area contributed by atoms with Crippen LogP contribution in [0.2, 0.25) is 0 Å². The summed E-state index contributed by atoms with van der Waals surface area (Å²) in [4.78, 5) is 12.4. The molecular formula is C17H26N2O2. The summed E-state index contributed by atoms with van der Waals surface area (Å²) < 4.78 is 0. The number of nitrogen functional groups attached to an aromatic ring is 1. The molecule has 1 fully saturated rings. The Kier molecular flexibility index (Phi) is 4.88. The van der Waals surface area contributed by atoms with Crippen LogP contribution in [0.15, 0.2) is 12.1 Å². The van der Waals surface area contributed by atoms with Gasteiger partial charge in [0.25, 0.3) is 5.91 Å². The molecule has 116 valence electrons. The fourth-order valence-corrected chi connectivity index (χ4v) is 3.17. The number of aryl methyl sites for hydroxylation is 2. The minimum Gasteiger partial charge on any atom is -0.398 e. The van der Waals surface area contributed by atoms with Gasteiger partial charge in [0.2, 0.25) is 0 Å². The quantitative estimate of drug-likeness (QED) is 0.746. The number of anilines is 1. The number of carbonyl (C=O) groups is 1. The zero-order valence-corrected chi connectivity index (χ0v) is 13.0. The van der Waals surface area contributed by atoms with E-state index in [0.29, 0.717) is 17.8 Å². The average Bonchev–Trinajstić information content (AvgIpc) is 2.49. The van der Waals surface area contributed by atoms with E-state index in [2.05, 4.69) is 5.32 Å². The van der Waals surface area contributed by atoms with E-state index in [1.807, 2.05) is 19.9 Å². The number of hydrogen-bond acceptors (Lipinski definition) is 3. The van der Waals surface area contributed by atoms with Gasteiger partial charge in [-0.05, 0) is 43.9 Å². The largest absolute Gasteiger partial charge is 0.398 e. The molecule has 1 amide bonds. The summed E-state index contributed by atoms with van der Waals surface area (Å²) in [6.45, 7) is 4.54. The van der Waals surface area contributed by atoms with Crippen molar-refractivity contribution >= 4 is 11.6 Å². The first-order chi connectivity index (χ1) is 9.97. The molecule has 2 rings (SSSR count). The molecule has 0 spiro atoms. The van der Waals surface area contributed by atoms with E-state index in [0.717, 1.165) is 36.8 Å². The van der Waals surface area contributed by atoms with Crippen LogP contribution in [-0.2, 0) is 0 Å². The van der Waals surface area contributed by atoms with Gasteiger partial charge in [0, 0.05) is 23.2 Å². The van der Waals surface area contributed by atoms with Crippen LogP contribution in [0.3, 0.4) is 0 Å². The average molecular weight is 290 g/mol. The van der Waals surface area contributed by atoms with Crippen molar-refractivity contribution in [3.8, 4) is 0 Å². The molecule has 0 aromatic heterocycles. The van der Waals surface area contributed by atoms with Crippen LogP contribution in [0.1, 0.15) is 53.6 Å². The molecule has 4 nitrogen and oxygen atoms in total. The highest BCUT2D eigenvalue weighted by Gasteiger charge is 2.31. The van der Waals surface area contributed by atoms with Crippen LogP contribution in [0.5, 0.6) is 0 Å². The summed E-state index contributed by atoms with van der Waals surface area (Å²) in [6.07, 6.45) is 5.46. The topological polar surface area (TPSA) is 75.3 Å². The van der Waals surface area contributed by atoms with Gasteiger partial charge in [-0.25, -0.2) is 0 Å². The molecule has 0 bridgehead atoms. The molecule has 0 saturated heterocycles. The third-order valence-corrected chi connectivity index (χ3v) is 4.73. The second kappa shape index (κ2) is 6.48. The first-order valence-electron chi connectivity index (χ1n) is 7.73. The standard InChI is InChI=1S/C17H26N2O2/c1-12-8-13(2)15(18)9-14(12)16(21)19-10-17(11-20)6-4-3-5-7-17/h8-9,20H,3-7,10-11,18H2,1-2H3,(H,19,21). The Hall–Kier alpha value is -1.55. The smallest absolute Gasteiger partial charge is 0.251 e. The number of nitrogens with two attached hydrogens (primary N) is 1. The molecule has 21 heavy (non-hydrogen) atoms. The lowest BCUT2D eigenvalue weighted by Crippen LogP contribution is -2.41. The van der Waals surface area contributed by atoms with Gasteiger partial charge in [-0.15, -0.1) is 0 Å². The molecule has 1 aromatic carbocycles. The molecule has 4 heteroatoms. The Morgan fingerprint density at radius 3 is 2.52 bits per heavy atom. The van der Waals surface area contributed by atoms with Crippen LogP contribution >= 0.6 is 0 Å². The van der Waals surface area contributed by atoms with E-state index >= 15 is 0 Å². The minimum atomic E-state index is -0.141. The normalized spacial score (nSPS) is 17.5. The van der Waals surface area contributed by atoms with Gasteiger partial charge >= 0.3 is 0 Å². The predicted octanol–water partition coefficient (Wildman–Crippen LogP) is 2.56. The molecule has 4 N–H and O–H groups in total. The lowest BCUT2D eigenvalue weighted by atomic mass is 9.74. The van der Waals surface area contributed by atoms with E-state index in [4.69, 9.17) is 5.73 Å². The summed E-state index contributed by atoms with van der Waals surface area (Å²) >= 11 is 0. The van der Waals surface area contributed by atoms with Crippen LogP contribution in [0.25, 0.3) is 0 Å². The number of carbonyl (C=O) groups excluding carboxylic acids is 1. The Morgan fingerprint density at radius 1 is 1.24 bits per heavy atom. The monoisotopic (exact) mass is 290 g/mol. The van der Waals surface area contributed by atoms with Crippen molar-refractivity contribution in [3.63, 3.8) is 0 Å². The Balaban J connectivity index is 2.06. The van der Waals surface area contributed by atoms with E-state index in [1.165, 1.54) is 6.42 Å². The van der Waals surface area contributed by atoms with E-state index < -0.39 is 0 Å². The maximum absolute atomic E-state index is 12.4. The van der Waals surface area contributed by atoms with Gasteiger partial charge in [-0.3, -0.25) is 4.79 Å². The first kappa shape index (κ1) is 15.8. The van der Waals surface area contributed by atoms with E-state index in [1.54, 1.807) is 6.07 Å². The number of hydrogen-bond donors (Lipinski definition) is 3. The fourth-order valence-electron chi connectivity index (χ4n) is 3.17. The lowest BCUT2D eigenvalue weighted by Gasteiger charge is -2.35. The van der Waals surface area contributed by atoms with Crippen molar-refractivity contribution in [2.45, 2.75) is 46.0 Å². The zero-order chi connectivity index (χ0) is 15.5. The maximum atomic E-state index is 12.4. The molecule has 0 unspecified atom stereocenters. The number of benzene rings is 1. The third kappa shape index (κ3) is 3.56. The summed E-state index contributed by atoms with van der Waals surface area (Å²) in [7, 11) is 0. The molecule has 0 radical (unpaired) electrons. The van der Waals surface area contributed by atoms with Gasteiger partial charge in [0.15, 0.2) is 0 Å². The van der Waals surface area contributed by atoms with Crippen molar-refractivity contribution in [1.29, 1.82) is 0 Å². The molecular weight excluding hydrogens is 264 g/mol. The highest BCUT2D eigenvalue weighted by Crippen LogP contribution is 2.35. The SMILES string of the molecule is Cc1cc(C)c(C(=O)NCC2(CO)CCCCC2)cc1N. The van der Waals surface area contributed by atoms with Crippen molar-refractivity contribution in [3.05, 3.63) is 28.8 Å². The molecule has 0 aliphatic heterocycles. The van der Waals surface area contributed by atoms with Gasteiger partial charge in [0.05, 0.1) is 6.61 Å². The second-order valence-electron chi connectivity index (χ2n) is 6.43. The third-order valence-electron chi connectivity index (χ3n) is 4.73. The van der Waals surface area contributed by atoms with E-state index in [9.17, 15) is 9.90 Å². The van der Waals surface area contributed by atoms with Crippen molar-refractivity contribution in [2.75, 3.05) is 18.9 Å². The molecule has 0 atom stereocenters. The minimum absolute atomic E-state index is 0.0994. The number of aliphatic hydroxyl groups excluding tert-OH is 1. The highest BCUT2D eigenvalue weighted by atomic mass is 16.3. The number of amides is 1. The second-order valence-corrected chi connectivity index (χ2v) is 6.43. The van der Waals surface area contributed by atoms with Gasteiger partial charge in [0.1, 0.15) is 0 Å². The van der Waals surface area contributed by atoms with E-state index in [-0.39, 0.29) is 17.9 Å². The number of aliphatic hydroxyl groups is 1. The first-order valence-corrected chi connectivity index (χ1v) is 7.73. The summed E-state index contributed by atoms with van der Waals surface area (Å²) in [5.74, 6) is -0.0994. The maximum Gasteiger partial charge on any atom is 0.251 e. The lowest BCUT2D eigenvalue weighted by molar-refractivity contribution is 0.0718. The Bertz CT molecular complexity index is 520. The molecule has 0 heterocycles. The fraction of sp³-hybridized carbons (Fsp3) is 0.588. The summed E-state index contributed by atoms with van der Waals surface area (Å²) in [5.41, 5.74) is 8.94. The van der Waals surface area contributed by atoms with Crippen LogP contribution in [-0.4, -0.2) is 24.2 Å². The predicted molar refractivity (Wildman–Crippen MR) is 85.3 cm³/mol. The summed E-state index contributed by atoms with van der Waals surface area (Å²) in [5, 5.41) is 12.7. The zero-order valence-electron chi connectivity index (χ0n) is 13.0. The molecule has 1 aliphatic carbocycles. The summed E-state index contributed by atoms with van der Waals surface area (Å²) in [6, 6.07) is 3.68. The number of rotatable bonds is 4. The highest BCUT2D eigenvalue weighted by molar-refractivity contribution is 5.96. The van der Waals surface area contributed by atoms with Gasteiger partial charge in [-0.1, -0.05) is 25.3 Å². The van der Waals surface area contributed by atoms with Crippen LogP contribution in [0.4, 0.5) is 5.69 Å². The molecule has 1 aliphatic rings. The van der Waals surface area contributed by atoms with Crippen LogP contribution in [0, 0.1) is 19.3 Å². The van der Waals surface area contributed by atoms with Crippen molar-refractivity contribution in [1.82, 2.24) is 5.32 Å². The van der Waals surface area contributed by atoms with Gasteiger partial charge < -0.3 is 16.2 Å². The Labute approximate surface area is 126 Å². The molecule has 1 saturated carbocycles. The Morgan fingerprint density at radius 2 is 1.90 bits per heavy atom. The van der Waals surface area contributed by atoms with Crippen molar-refractivity contribution in [2.24, 2.45) is 5.41 Å². The van der Waals surface area contributed by atoms with Crippen LogP contribution < -0.4 is 11.1 Å².